The molecule has 0 atom stereocenters. The second kappa shape index (κ2) is 8.18. The van der Waals surface area contributed by atoms with Gasteiger partial charge in [-0.15, -0.1) is 0 Å². The minimum absolute atomic E-state index is 0.140. The smallest absolute Gasteiger partial charge is 0.335 e. The summed E-state index contributed by atoms with van der Waals surface area (Å²) in [6, 6.07) is 20.4. The molecule has 148 valence electrons. The van der Waals surface area contributed by atoms with Crippen molar-refractivity contribution < 1.29 is 14.3 Å². The van der Waals surface area contributed by atoms with Gasteiger partial charge in [-0.25, -0.2) is 4.98 Å². The molecule has 2 N–H and O–H groups in total. The van der Waals surface area contributed by atoms with Crippen molar-refractivity contribution in [2.45, 2.75) is 0 Å². The Balaban J connectivity index is 1.65. The lowest BCUT2D eigenvalue weighted by molar-refractivity contribution is -0.607. The summed E-state index contributed by atoms with van der Waals surface area (Å²) < 4.78 is 0.419. The molecular weight excluding hydrogens is 404 g/mol. The van der Waals surface area contributed by atoms with Gasteiger partial charge in [0.1, 0.15) is 0 Å². The molecule has 0 fully saturated rings. The van der Waals surface area contributed by atoms with Gasteiger partial charge < -0.3 is 5.21 Å². The standard InChI is InChI=1S/C22H15ClN4O3/c23-15-10-8-14(9-11-15)19-13-17(16-5-1-2-6-18(16)24-19)21(28)25-26-22(29)20-7-3-4-12-27(20)30/h1-13H,(H,25,28)(H,26,29). The molecule has 4 rings (SSSR count). The number of halogens is 1. The van der Waals surface area contributed by atoms with E-state index < -0.39 is 11.8 Å². The van der Waals surface area contributed by atoms with Crippen LogP contribution < -0.4 is 15.6 Å². The molecule has 4 aromatic rings. The van der Waals surface area contributed by atoms with Crippen molar-refractivity contribution in [2.24, 2.45) is 0 Å². The van der Waals surface area contributed by atoms with Crippen molar-refractivity contribution in [3.05, 3.63) is 100 Å². The Hall–Kier alpha value is -3.97. The van der Waals surface area contributed by atoms with E-state index in [9.17, 15) is 14.8 Å². The molecule has 0 radical (unpaired) electrons. The first-order chi connectivity index (χ1) is 14.5. The number of benzene rings is 2. The van der Waals surface area contributed by atoms with Crippen molar-refractivity contribution in [1.82, 2.24) is 15.8 Å². The summed E-state index contributed by atoms with van der Waals surface area (Å²) in [5, 5.41) is 12.9. The molecule has 0 unspecified atom stereocenters. The number of nitrogens with zero attached hydrogens (tertiary/aromatic N) is 2. The van der Waals surface area contributed by atoms with Crippen molar-refractivity contribution in [2.75, 3.05) is 0 Å². The van der Waals surface area contributed by atoms with E-state index in [1.54, 1.807) is 42.5 Å². The van der Waals surface area contributed by atoms with Gasteiger partial charge in [-0.1, -0.05) is 41.9 Å². The number of para-hydroxylation sites is 1. The number of hydrogen-bond acceptors (Lipinski definition) is 4. The topological polar surface area (TPSA) is 98.0 Å². The third-order valence-electron chi connectivity index (χ3n) is 4.45. The van der Waals surface area contributed by atoms with Gasteiger partial charge in [-0.2, -0.15) is 4.73 Å². The molecule has 2 aromatic carbocycles. The predicted octanol–water partition coefficient (Wildman–Crippen LogP) is 3.26. The maximum Gasteiger partial charge on any atom is 0.335 e. The van der Waals surface area contributed by atoms with Crippen LogP contribution in [0.15, 0.2) is 79.0 Å². The van der Waals surface area contributed by atoms with Crippen LogP contribution in [-0.4, -0.2) is 16.8 Å². The number of aromatic nitrogens is 2. The molecule has 0 spiro atoms. The fraction of sp³-hybridized carbons (Fsp3) is 0. The third-order valence-corrected chi connectivity index (χ3v) is 4.70. The number of rotatable bonds is 3. The summed E-state index contributed by atoms with van der Waals surface area (Å²) >= 11 is 5.96. The summed E-state index contributed by atoms with van der Waals surface area (Å²) in [5.74, 6) is -1.26. The van der Waals surface area contributed by atoms with E-state index in [0.717, 1.165) is 5.56 Å². The zero-order chi connectivity index (χ0) is 21.1. The van der Waals surface area contributed by atoms with Crippen molar-refractivity contribution in [1.29, 1.82) is 0 Å². The van der Waals surface area contributed by atoms with Crippen LogP contribution in [0.1, 0.15) is 20.8 Å². The molecule has 0 aliphatic rings. The Morgan fingerprint density at radius 2 is 1.60 bits per heavy atom. The van der Waals surface area contributed by atoms with Gasteiger partial charge in [-0.05, 0) is 30.3 Å². The maximum atomic E-state index is 12.9. The number of nitrogens with one attached hydrogen (secondary N) is 2. The minimum Gasteiger partial charge on any atom is -0.618 e. The highest BCUT2D eigenvalue weighted by Crippen LogP contribution is 2.25. The van der Waals surface area contributed by atoms with Crippen LogP contribution in [0.2, 0.25) is 5.02 Å². The first kappa shape index (κ1) is 19.4. The molecule has 30 heavy (non-hydrogen) atoms. The van der Waals surface area contributed by atoms with E-state index in [2.05, 4.69) is 15.8 Å². The van der Waals surface area contributed by atoms with E-state index in [-0.39, 0.29) is 5.69 Å². The van der Waals surface area contributed by atoms with Gasteiger partial charge in [-0.3, -0.25) is 20.4 Å². The first-order valence-corrected chi connectivity index (χ1v) is 9.35. The average Bonchev–Trinajstić information content (AvgIpc) is 2.77. The average molecular weight is 419 g/mol. The molecule has 2 aromatic heterocycles. The third kappa shape index (κ3) is 3.92. The quantitative estimate of drug-likeness (QED) is 0.303. The summed E-state index contributed by atoms with van der Waals surface area (Å²) in [6.45, 7) is 0. The minimum atomic E-state index is -0.727. The van der Waals surface area contributed by atoms with Crippen molar-refractivity contribution in [3.8, 4) is 11.3 Å². The fourth-order valence-electron chi connectivity index (χ4n) is 2.98. The predicted molar refractivity (Wildman–Crippen MR) is 113 cm³/mol. The van der Waals surface area contributed by atoms with Crippen molar-refractivity contribution >= 4 is 34.3 Å². The summed E-state index contributed by atoms with van der Waals surface area (Å²) in [4.78, 5) is 29.7. The van der Waals surface area contributed by atoms with Crippen LogP contribution in [-0.2, 0) is 0 Å². The Bertz CT molecular complexity index is 1260. The van der Waals surface area contributed by atoms with Crippen LogP contribution in [0.4, 0.5) is 0 Å². The highest BCUT2D eigenvalue weighted by molar-refractivity contribution is 6.30. The SMILES string of the molecule is O=C(NNC(=O)c1cccc[n+]1[O-])c1cc(-c2ccc(Cl)cc2)nc2ccccc12. The second-order valence-electron chi connectivity index (χ2n) is 6.40. The fourth-order valence-corrected chi connectivity index (χ4v) is 3.11. The van der Waals surface area contributed by atoms with Crippen LogP contribution in [0.5, 0.6) is 0 Å². The molecule has 8 heteroatoms. The number of carbonyl (C=O) groups is 2. The molecular formula is C22H15ClN4O3. The Morgan fingerprint density at radius 3 is 2.37 bits per heavy atom. The number of pyridine rings is 2. The Morgan fingerprint density at radius 1 is 0.900 bits per heavy atom. The summed E-state index contributed by atoms with van der Waals surface area (Å²) in [5.41, 5.74) is 6.83. The number of hydrogen-bond donors (Lipinski definition) is 2. The normalized spacial score (nSPS) is 10.6. The van der Waals surface area contributed by atoms with Crippen LogP contribution >= 0.6 is 11.6 Å². The monoisotopic (exact) mass is 418 g/mol. The highest BCUT2D eigenvalue weighted by Gasteiger charge is 2.18. The largest absolute Gasteiger partial charge is 0.618 e. The molecule has 0 aliphatic carbocycles. The summed E-state index contributed by atoms with van der Waals surface area (Å²) in [7, 11) is 0. The second-order valence-corrected chi connectivity index (χ2v) is 6.84. The van der Waals surface area contributed by atoms with Crippen LogP contribution in [0.25, 0.3) is 22.2 Å². The van der Waals surface area contributed by atoms with Gasteiger partial charge in [0.2, 0.25) is 0 Å². The Labute approximate surface area is 176 Å². The van der Waals surface area contributed by atoms with Gasteiger partial charge in [0, 0.05) is 28.1 Å². The van der Waals surface area contributed by atoms with Crippen LogP contribution in [0, 0.1) is 5.21 Å². The molecule has 0 bridgehead atoms. The highest BCUT2D eigenvalue weighted by atomic mass is 35.5. The lowest BCUT2D eigenvalue weighted by Gasteiger charge is -2.11. The number of amides is 2. The van der Waals surface area contributed by atoms with Gasteiger partial charge in [0.25, 0.3) is 11.6 Å². The lowest BCUT2D eigenvalue weighted by atomic mass is 10.0. The van der Waals surface area contributed by atoms with E-state index in [0.29, 0.717) is 31.9 Å². The first-order valence-electron chi connectivity index (χ1n) is 8.97. The zero-order valence-corrected chi connectivity index (χ0v) is 16.3. The van der Waals surface area contributed by atoms with Crippen LogP contribution in [0.3, 0.4) is 0 Å². The number of hydrazine groups is 1. The van der Waals surface area contributed by atoms with Gasteiger partial charge in [0.15, 0.2) is 6.20 Å². The number of carbonyl (C=O) groups excluding carboxylic acids is 2. The van der Waals surface area contributed by atoms with E-state index in [1.165, 1.54) is 18.3 Å². The molecule has 7 nitrogen and oxygen atoms in total. The van der Waals surface area contributed by atoms with Gasteiger partial charge in [0.05, 0.1) is 16.8 Å². The lowest BCUT2D eigenvalue weighted by Crippen LogP contribution is -2.46. The zero-order valence-electron chi connectivity index (χ0n) is 15.5. The Kier molecular flexibility index (Phi) is 5.28. The molecule has 2 amide bonds. The maximum absolute atomic E-state index is 12.9. The van der Waals surface area contributed by atoms with Crippen molar-refractivity contribution in [3.63, 3.8) is 0 Å². The van der Waals surface area contributed by atoms with Gasteiger partial charge >= 0.3 is 5.91 Å². The molecule has 0 saturated heterocycles. The van der Waals surface area contributed by atoms with E-state index in [1.807, 2.05) is 18.2 Å². The van der Waals surface area contributed by atoms with E-state index in [4.69, 9.17) is 11.6 Å². The molecule has 0 aliphatic heterocycles. The number of fused-ring (bicyclic) bond motifs is 1. The molecule has 2 heterocycles. The summed E-state index contributed by atoms with van der Waals surface area (Å²) in [6.07, 6.45) is 1.20. The van der Waals surface area contributed by atoms with E-state index >= 15 is 0 Å². The molecule has 0 saturated carbocycles.